The molecule has 2 aliphatic rings. The van der Waals surface area contributed by atoms with Crippen LogP contribution in [0.4, 0.5) is 5.00 Å². The summed E-state index contributed by atoms with van der Waals surface area (Å²) < 4.78 is 11.2. The molecule has 0 radical (unpaired) electrons. The minimum atomic E-state index is -0.231. The Balaban J connectivity index is 1.70. The number of ether oxygens (including phenoxy) is 2. The number of rotatable bonds is 2. The van der Waals surface area contributed by atoms with Crippen LogP contribution in [0, 0.1) is 0 Å². The fourth-order valence-electron chi connectivity index (χ4n) is 3.35. The summed E-state index contributed by atoms with van der Waals surface area (Å²) in [6, 6.07) is 6.93. The molecule has 1 aliphatic carbocycles. The molecule has 1 fully saturated rings. The summed E-state index contributed by atoms with van der Waals surface area (Å²) in [5.74, 6) is -0.0313. The van der Waals surface area contributed by atoms with Gasteiger partial charge in [0.2, 0.25) is 0 Å². The number of fused-ring (bicyclic) bond motifs is 1. The van der Waals surface area contributed by atoms with Gasteiger partial charge in [-0.15, -0.1) is 11.3 Å². The first-order valence-electron chi connectivity index (χ1n) is 7.50. The fourth-order valence-corrected chi connectivity index (χ4v) is 4.72. The zero-order chi connectivity index (χ0) is 16.0. The smallest absolute Gasteiger partial charge is 0.196 e. The van der Waals surface area contributed by atoms with Crippen molar-refractivity contribution >= 4 is 33.7 Å². The van der Waals surface area contributed by atoms with Gasteiger partial charge in [-0.25, -0.2) is 0 Å². The van der Waals surface area contributed by atoms with E-state index in [9.17, 15) is 4.79 Å². The van der Waals surface area contributed by atoms with Crippen LogP contribution in [0.25, 0.3) is 0 Å². The predicted molar refractivity (Wildman–Crippen MR) is 90.3 cm³/mol. The Labute approximate surface area is 143 Å². The van der Waals surface area contributed by atoms with Gasteiger partial charge in [0.1, 0.15) is 6.79 Å². The average molecular weight is 350 g/mol. The van der Waals surface area contributed by atoms with E-state index >= 15 is 0 Å². The van der Waals surface area contributed by atoms with Crippen LogP contribution in [0.5, 0.6) is 0 Å². The normalized spacial score (nSPS) is 23.2. The maximum absolute atomic E-state index is 12.9. The molecule has 120 valence electrons. The van der Waals surface area contributed by atoms with Crippen LogP contribution in [-0.2, 0) is 22.3 Å². The molecule has 4 nitrogen and oxygen atoms in total. The Morgan fingerprint density at radius 2 is 2.09 bits per heavy atom. The molecule has 4 rings (SSSR count). The highest BCUT2D eigenvalue weighted by atomic mass is 35.5. The number of halogens is 1. The van der Waals surface area contributed by atoms with Crippen molar-refractivity contribution in [1.29, 1.82) is 0 Å². The summed E-state index contributed by atoms with van der Waals surface area (Å²) in [5.41, 5.74) is 8.29. The predicted octanol–water partition coefficient (Wildman–Crippen LogP) is 3.45. The van der Waals surface area contributed by atoms with Crippen LogP contribution in [0.15, 0.2) is 24.3 Å². The van der Waals surface area contributed by atoms with Gasteiger partial charge in [0.15, 0.2) is 5.78 Å². The summed E-state index contributed by atoms with van der Waals surface area (Å²) in [4.78, 5) is 14.0. The van der Waals surface area contributed by atoms with E-state index in [0.29, 0.717) is 34.6 Å². The molecular weight excluding hydrogens is 334 g/mol. The lowest BCUT2D eigenvalue weighted by Crippen LogP contribution is -2.37. The number of nitrogen functional groups attached to an aromatic ring is 1. The average Bonchev–Trinajstić information content (AvgIpc) is 3.11. The maximum Gasteiger partial charge on any atom is 0.196 e. The number of nitrogens with two attached hydrogens (primary N) is 1. The van der Waals surface area contributed by atoms with Gasteiger partial charge in [0.25, 0.3) is 0 Å². The summed E-state index contributed by atoms with van der Waals surface area (Å²) in [6.45, 7) is 0.970. The first-order valence-corrected chi connectivity index (χ1v) is 8.69. The zero-order valence-electron chi connectivity index (χ0n) is 12.4. The minimum Gasteiger partial charge on any atom is -0.390 e. The Bertz CT molecular complexity index is 763. The number of anilines is 1. The van der Waals surface area contributed by atoms with Gasteiger partial charge in [-0.1, -0.05) is 11.6 Å². The highest BCUT2D eigenvalue weighted by molar-refractivity contribution is 7.16. The first-order chi connectivity index (χ1) is 11.1. The van der Waals surface area contributed by atoms with Crippen LogP contribution in [0.1, 0.15) is 32.8 Å². The Kier molecular flexibility index (Phi) is 3.69. The molecule has 2 N–H and O–H groups in total. The lowest BCUT2D eigenvalue weighted by Gasteiger charge is -2.30. The molecule has 2 aromatic rings. The van der Waals surface area contributed by atoms with Crippen molar-refractivity contribution in [3.8, 4) is 0 Å². The molecule has 0 amide bonds. The summed E-state index contributed by atoms with van der Waals surface area (Å²) in [5, 5.41) is 1.20. The van der Waals surface area contributed by atoms with Gasteiger partial charge in [-0.05, 0) is 42.7 Å². The van der Waals surface area contributed by atoms with Crippen molar-refractivity contribution < 1.29 is 14.3 Å². The van der Waals surface area contributed by atoms with Crippen molar-refractivity contribution in [1.82, 2.24) is 0 Å². The van der Waals surface area contributed by atoms with Crippen LogP contribution in [0.2, 0.25) is 5.02 Å². The molecule has 1 aliphatic heterocycles. The highest BCUT2D eigenvalue weighted by Crippen LogP contribution is 2.43. The maximum atomic E-state index is 12.9. The molecule has 23 heavy (non-hydrogen) atoms. The lowest BCUT2D eigenvalue weighted by molar-refractivity contribution is -0.0155. The quantitative estimate of drug-likeness (QED) is 0.843. The van der Waals surface area contributed by atoms with E-state index in [2.05, 4.69) is 0 Å². The van der Waals surface area contributed by atoms with E-state index in [1.54, 1.807) is 24.3 Å². The van der Waals surface area contributed by atoms with Crippen LogP contribution >= 0.6 is 22.9 Å². The number of benzene rings is 1. The summed E-state index contributed by atoms with van der Waals surface area (Å²) in [7, 11) is 0. The van der Waals surface area contributed by atoms with Crippen molar-refractivity contribution in [2.24, 2.45) is 0 Å². The van der Waals surface area contributed by atoms with Gasteiger partial charge in [-0.2, -0.15) is 0 Å². The molecule has 1 spiro atoms. The SMILES string of the molecule is Nc1sc2c(c1C(=O)c1ccc(Cl)cc1)CCC1(COCO1)C2. The van der Waals surface area contributed by atoms with Gasteiger partial charge < -0.3 is 15.2 Å². The second-order valence-electron chi connectivity index (χ2n) is 6.05. The zero-order valence-corrected chi connectivity index (χ0v) is 14.0. The van der Waals surface area contributed by atoms with E-state index < -0.39 is 0 Å². The number of carbonyl (C=O) groups is 1. The van der Waals surface area contributed by atoms with Crippen LogP contribution in [-0.4, -0.2) is 24.8 Å². The number of ketones is 1. The number of thiophene rings is 1. The van der Waals surface area contributed by atoms with E-state index in [1.807, 2.05) is 0 Å². The molecule has 1 atom stereocenters. The molecule has 1 aromatic heterocycles. The Hall–Kier alpha value is -1.40. The number of hydrogen-bond acceptors (Lipinski definition) is 5. The Morgan fingerprint density at radius 3 is 2.78 bits per heavy atom. The third kappa shape index (κ3) is 2.58. The van der Waals surface area contributed by atoms with Crippen LogP contribution in [0.3, 0.4) is 0 Å². The van der Waals surface area contributed by atoms with E-state index in [-0.39, 0.29) is 11.4 Å². The number of hydrogen-bond donors (Lipinski definition) is 1. The molecule has 0 bridgehead atoms. The van der Waals surface area contributed by atoms with E-state index in [1.165, 1.54) is 11.3 Å². The molecule has 6 heteroatoms. The number of carbonyl (C=O) groups excluding carboxylic acids is 1. The second-order valence-corrected chi connectivity index (χ2v) is 7.62. The third-order valence-electron chi connectivity index (χ3n) is 4.58. The summed E-state index contributed by atoms with van der Waals surface area (Å²) in [6.07, 6.45) is 2.42. The highest BCUT2D eigenvalue weighted by Gasteiger charge is 2.42. The van der Waals surface area contributed by atoms with Crippen LogP contribution < -0.4 is 5.73 Å². The monoisotopic (exact) mass is 349 g/mol. The second kappa shape index (κ2) is 5.60. The van der Waals surface area contributed by atoms with Crippen molar-refractivity contribution in [2.75, 3.05) is 19.1 Å². The van der Waals surface area contributed by atoms with Crippen molar-refractivity contribution in [3.05, 3.63) is 50.9 Å². The first kappa shape index (κ1) is 15.1. The largest absolute Gasteiger partial charge is 0.390 e. The van der Waals surface area contributed by atoms with E-state index in [0.717, 1.165) is 29.7 Å². The molecule has 1 saturated heterocycles. The van der Waals surface area contributed by atoms with Gasteiger partial charge in [0.05, 0.1) is 22.8 Å². The Morgan fingerprint density at radius 1 is 1.30 bits per heavy atom. The molecule has 0 saturated carbocycles. The van der Waals surface area contributed by atoms with Crippen molar-refractivity contribution in [3.63, 3.8) is 0 Å². The molecule has 2 heterocycles. The van der Waals surface area contributed by atoms with Gasteiger partial charge in [-0.3, -0.25) is 4.79 Å². The van der Waals surface area contributed by atoms with Crippen molar-refractivity contribution in [2.45, 2.75) is 24.9 Å². The topological polar surface area (TPSA) is 61.6 Å². The van der Waals surface area contributed by atoms with E-state index in [4.69, 9.17) is 26.8 Å². The molecular formula is C17H16ClNO3S. The van der Waals surface area contributed by atoms with Gasteiger partial charge in [0, 0.05) is 21.9 Å². The molecule has 1 aromatic carbocycles. The lowest BCUT2D eigenvalue weighted by atomic mass is 9.83. The minimum absolute atomic E-state index is 0.0313. The molecule has 1 unspecified atom stereocenters. The standard InChI is InChI=1S/C17H16ClNO3S/c18-11-3-1-10(2-4-11)15(20)14-12-5-6-17(8-21-9-22-17)7-13(12)23-16(14)19/h1-4H,5-9,19H2. The fraction of sp³-hybridized carbons (Fsp3) is 0.353. The third-order valence-corrected chi connectivity index (χ3v) is 5.89. The van der Waals surface area contributed by atoms with Gasteiger partial charge >= 0.3 is 0 Å². The summed E-state index contributed by atoms with van der Waals surface area (Å²) >= 11 is 7.40.